The van der Waals surface area contributed by atoms with E-state index in [1.807, 2.05) is 4.57 Å². The molecule has 0 amide bonds. The van der Waals surface area contributed by atoms with Crippen molar-refractivity contribution < 1.29 is 4.74 Å². The van der Waals surface area contributed by atoms with E-state index in [2.05, 4.69) is 26.8 Å². The minimum absolute atomic E-state index is 0.448. The second-order valence-electron chi connectivity index (χ2n) is 5.21. The topological polar surface area (TPSA) is 59.0 Å². The molecule has 0 bridgehead atoms. The largest absolute Gasteiger partial charge is 0.479 e. The molecule has 108 valence electrons. The number of nitrogens with zero attached hydrogens (tertiary/aromatic N) is 4. The maximum absolute atomic E-state index is 5.42. The molecule has 7 heteroatoms. The second kappa shape index (κ2) is 5.49. The summed E-state index contributed by atoms with van der Waals surface area (Å²) in [5, 5.41) is 0. The monoisotopic (exact) mass is 293 g/mol. The standard InChI is InChI=1S/C13H19N5OS/c1-9(17-5-3-4-6-17)7-18-11-10(16-13(18)20)12(19-2)15-8-14-11/h8-9H,3-7H2,1-2H3,(H,16,20). The van der Waals surface area contributed by atoms with Crippen LogP contribution in [-0.2, 0) is 6.54 Å². The van der Waals surface area contributed by atoms with Crippen LogP contribution in [0.2, 0.25) is 0 Å². The quantitative estimate of drug-likeness (QED) is 0.874. The van der Waals surface area contributed by atoms with Crippen molar-refractivity contribution in [2.24, 2.45) is 0 Å². The third kappa shape index (κ3) is 2.31. The SMILES string of the molecule is COc1ncnc2c1[nH]c(=S)n2CC(C)N1CCCC1. The molecule has 6 nitrogen and oxygen atoms in total. The van der Waals surface area contributed by atoms with Crippen molar-refractivity contribution in [1.82, 2.24) is 24.4 Å². The summed E-state index contributed by atoms with van der Waals surface area (Å²) in [6, 6.07) is 0.448. The smallest absolute Gasteiger partial charge is 0.242 e. The zero-order chi connectivity index (χ0) is 14.1. The van der Waals surface area contributed by atoms with E-state index in [-0.39, 0.29) is 0 Å². The van der Waals surface area contributed by atoms with Gasteiger partial charge in [-0.25, -0.2) is 4.98 Å². The van der Waals surface area contributed by atoms with Gasteiger partial charge in [0.25, 0.3) is 0 Å². The predicted octanol–water partition coefficient (Wildman–Crippen LogP) is 1.98. The van der Waals surface area contributed by atoms with Gasteiger partial charge in [-0.1, -0.05) is 0 Å². The molecule has 0 spiro atoms. The van der Waals surface area contributed by atoms with Gasteiger partial charge in [0.05, 0.1) is 7.11 Å². The molecule has 3 rings (SSSR count). The Morgan fingerprint density at radius 2 is 2.15 bits per heavy atom. The summed E-state index contributed by atoms with van der Waals surface area (Å²) >= 11 is 5.42. The summed E-state index contributed by atoms with van der Waals surface area (Å²) < 4.78 is 7.96. The van der Waals surface area contributed by atoms with E-state index in [9.17, 15) is 0 Å². The molecule has 1 fully saturated rings. The van der Waals surface area contributed by atoms with E-state index in [0.29, 0.717) is 16.7 Å². The maximum Gasteiger partial charge on any atom is 0.242 e. The average Bonchev–Trinajstić information content (AvgIpc) is 3.07. The maximum atomic E-state index is 5.42. The summed E-state index contributed by atoms with van der Waals surface area (Å²) in [5.74, 6) is 0.536. The lowest BCUT2D eigenvalue weighted by atomic mass is 10.3. The van der Waals surface area contributed by atoms with Gasteiger partial charge in [0, 0.05) is 12.6 Å². The summed E-state index contributed by atoms with van der Waals surface area (Å²) in [4.78, 5) is 14.1. The number of aromatic nitrogens is 4. The van der Waals surface area contributed by atoms with Crippen LogP contribution in [0, 0.1) is 4.77 Å². The Morgan fingerprint density at radius 1 is 1.40 bits per heavy atom. The summed E-state index contributed by atoms with van der Waals surface area (Å²) in [7, 11) is 1.60. The number of ether oxygens (including phenoxy) is 1. The van der Waals surface area contributed by atoms with Crippen molar-refractivity contribution in [3.05, 3.63) is 11.1 Å². The van der Waals surface area contributed by atoms with Crippen molar-refractivity contribution in [3.8, 4) is 5.88 Å². The van der Waals surface area contributed by atoms with Crippen LogP contribution in [0.4, 0.5) is 0 Å². The molecule has 1 N–H and O–H groups in total. The van der Waals surface area contributed by atoms with Crippen molar-refractivity contribution in [3.63, 3.8) is 0 Å². The lowest BCUT2D eigenvalue weighted by Gasteiger charge is -2.24. The van der Waals surface area contributed by atoms with Gasteiger partial charge in [0.2, 0.25) is 5.88 Å². The van der Waals surface area contributed by atoms with Crippen LogP contribution in [0.25, 0.3) is 11.2 Å². The van der Waals surface area contributed by atoms with Gasteiger partial charge in [-0.05, 0) is 45.1 Å². The van der Waals surface area contributed by atoms with Gasteiger partial charge in [-0.2, -0.15) is 4.98 Å². The Kier molecular flexibility index (Phi) is 3.71. The van der Waals surface area contributed by atoms with Gasteiger partial charge in [-0.3, -0.25) is 9.47 Å². The fourth-order valence-corrected chi connectivity index (χ4v) is 3.09. The normalized spacial score (nSPS) is 17.7. The number of aromatic amines is 1. The summed E-state index contributed by atoms with van der Waals surface area (Å²) in [6.07, 6.45) is 4.10. The Labute approximate surface area is 122 Å². The Balaban J connectivity index is 1.95. The first-order valence-corrected chi connectivity index (χ1v) is 7.33. The van der Waals surface area contributed by atoms with E-state index in [1.54, 1.807) is 7.11 Å². The van der Waals surface area contributed by atoms with Crippen molar-refractivity contribution in [2.75, 3.05) is 20.2 Å². The highest BCUT2D eigenvalue weighted by atomic mass is 32.1. The molecule has 0 aliphatic carbocycles. The van der Waals surface area contributed by atoms with Gasteiger partial charge in [0.1, 0.15) is 11.8 Å². The van der Waals surface area contributed by atoms with E-state index in [0.717, 1.165) is 17.7 Å². The van der Waals surface area contributed by atoms with Crippen LogP contribution in [-0.4, -0.2) is 50.7 Å². The zero-order valence-corrected chi connectivity index (χ0v) is 12.6. The van der Waals surface area contributed by atoms with Crippen LogP contribution >= 0.6 is 12.2 Å². The number of hydrogen-bond acceptors (Lipinski definition) is 5. The Bertz CT molecular complexity index is 658. The highest BCUT2D eigenvalue weighted by Crippen LogP contribution is 2.21. The number of nitrogens with one attached hydrogen (secondary N) is 1. The lowest BCUT2D eigenvalue weighted by Crippen LogP contribution is -2.33. The van der Waals surface area contributed by atoms with E-state index in [4.69, 9.17) is 17.0 Å². The minimum atomic E-state index is 0.448. The molecule has 20 heavy (non-hydrogen) atoms. The lowest BCUT2D eigenvalue weighted by molar-refractivity contribution is 0.236. The number of likely N-dealkylation sites (tertiary alicyclic amines) is 1. The highest BCUT2D eigenvalue weighted by Gasteiger charge is 2.20. The molecule has 2 aromatic rings. The Hall–Kier alpha value is -1.47. The van der Waals surface area contributed by atoms with Crippen LogP contribution < -0.4 is 4.74 Å². The molecule has 1 aliphatic heterocycles. The fraction of sp³-hybridized carbons (Fsp3) is 0.615. The average molecular weight is 293 g/mol. The minimum Gasteiger partial charge on any atom is -0.479 e. The van der Waals surface area contributed by atoms with Gasteiger partial charge in [0.15, 0.2) is 10.4 Å². The first-order valence-electron chi connectivity index (χ1n) is 6.92. The molecule has 1 unspecified atom stereocenters. The molecule has 3 heterocycles. The molecule has 0 saturated carbocycles. The molecule has 1 saturated heterocycles. The molecule has 1 aliphatic rings. The third-order valence-electron chi connectivity index (χ3n) is 3.93. The number of imidazole rings is 1. The molecule has 2 aromatic heterocycles. The number of hydrogen-bond donors (Lipinski definition) is 1. The fourth-order valence-electron chi connectivity index (χ4n) is 2.83. The predicted molar refractivity (Wildman–Crippen MR) is 79.5 cm³/mol. The summed E-state index contributed by atoms with van der Waals surface area (Å²) in [6.45, 7) is 5.42. The highest BCUT2D eigenvalue weighted by molar-refractivity contribution is 7.71. The van der Waals surface area contributed by atoms with Crippen molar-refractivity contribution >= 4 is 23.4 Å². The van der Waals surface area contributed by atoms with Gasteiger partial charge >= 0.3 is 0 Å². The van der Waals surface area contributed by atoms with Crippen LogP contribution in [0.1, 0.15) is 19.8 Å². The van der Waals surface area contributed by atoms with Gasteiger partial charge < -0.3 is 9.72 Å². The van der Waals surface area contributed by atoms with E-state index < -0.39 is 0 Å². The number of methoxy groups -OCH3 is 1. The van der Waals surface area contributed by atoms with Crippen LogP contribution in [0.3, 0.4) is 0 Å². The van der Waals surface area contributed by atoms with Crippen LogP contribution in [0.15, 0.2) is 6.33 Å². The Morgan fingerprint density at radius 3 is 2.85 bits per heavy atom. The van der Waals surface area contributed by atoms with Crippen molar-refractivity contribution in [1.29, 1.82) is 0 Å². The zero-order valence-electron chi connectivity index (χ0n) is 11.8. The molecule has 0 radical (unpaired) electrons. The van der Waals surface area contributed by atoms with Crippen LogP contribution in [0.5, 0.6) is 5.88 Å². The number of fused-ring (bicyclic) bond motifs is 1. The first-order chi connectivity index (χ1) is 9.70. The van der Waals surface area contributed by atoms with E-state index in [1.165, 1.54) is 32.3 Å². The van der Waals surface area contributed by atoms with E-state index >= 15 is 0 Å². The molecule has 0 aromatic carbocycles. The van der Waals surface area contributed by atoms with Gasteiger partial charge in [-0.15, -0.1) is 0 Å². The molecular formula is C13H19N5OS. The first kappa shape index (κ1) is 13.5. The molecular weight excluding hydrogens is 274 g/mol. The third-order valence-corrected chi connectivity index (χ3v) is 4.25. The number of H-pyrrole nitrogens is 1. The molecule has 1 atom stereocenters. The number of rotatable bonds is 4. The summed E-state index contributed by atoms with van der Waals surface area (Å²) in [5.41, 5.74) is 1.58. The second-order valence-corrected chi connectivity index (χ2v) is 5.60. The van der Waals surface area contributed by atoms with Crippen molar-refractivity contribution in [2.45, 2.75) is 32.4 Å².